The molecule has 3 heterocycles. The molecule has 25 heavy (non-hydrogen) atoms. The number of hydrogen-bond acceptors (Lipinski definition) is 5. The maximum Gasteiger partial charge on any atom is 0.231 e. The number of aliphatic hydroxyl groups is 1. The third-order valence-corrected chi connectivity index (χ3v) is 5.75. The van der Waals surface area contributed by atoms with Crippen molar-refractivity contribution in [1.82, 2.24) is 9.80 Å². The molecule has 1 aromatic rings. The Morgan fingerprint density at radius 2 is 1.96 bits per heavy atom. The molecule has 136 valence electrons. The van der Waals surface area contributed by atoms with E-state index in [9.17, 15) is 9.90 Å². The van der Waals surface area contributed by atoms with Crippen molar-refractivity contribution in [3.63, 3.8) is 0 Å². The lowest BCUT2D eigenvalue weighted by atomic mass is 10.0. The first-order valence-electron chi connectivity index (χ1n) is 9.22. The van der Waals surface area contributed by atoms with Crippen LogP contribution in [0.15, 0.2) is 18.2 Å². The Labute approximate surface area is 148 Å². The van der Waals surface area contributed by atoms with Gasteiger partial charge in [0.05, 0.1) is 6.10 Å². The zero-order chi connectivity index (χ0) is 17.4. The molecular weight excluding hydrogens is 320 g/mol. The topological polar surface area (TPSA) is 62.2 Å². The molecule has 4 rings (SSSR count). The summed E-state index contributed by atoms with van der Waals surface area (Å²) in [6.07, 6.45) is 3.81. The standard InChI is InChI=1S/C19H26N2O4/c1-13(22)21-9-3-5-16(21)15-4-2-8-20(15)11-17(23)14-6-7-18-19(10-14)25-12-24-18/h6-7,10,15-17,23H,2-5,8-9,11-12H2,1H3/t15-,16+,17-/m0/s1. The highest BCUT2D eigenvalue weighted by Crippen LogP contribution is 2.35. The van der Waals surface area contributed by atoms with Gasteiger partial charge in [-0.25, -0.2) is 0 Å². The zero-order valence-corrected chi connectivity index (χ0v) is 14.7. The fraction of sp³-hybridized carbons (Fsp3) is 0.632. The number of hydrogen-bond donors (Lipinski definition) is 1. The maximum atomic E-state index is 11.9. The lowest BCUT2D eigenvalue weighted by molar-refractivity contribution is -0.130. The van der Waals surface area contributed by atoms with E-state index in [0.717, 1.165) is 50.1 Å². The number of amides is 1. The van der Waals surface area contributed by atoms with E-state index in [-0.39, 0.29) is 12.7 Å². The smallest absolute Gasteiger partial charge is 0.231 e. The van der Waals surface area contributed by atoms with Crippen molar-refractivity contribution in [1.29, 1.82) is 0 Å². The van der Waals surface area contributed by atoms with Crippen molar-refractivity contribution >= 4 is 5.91 Å². The predicted octanol–water partition coefficient (Wildman–Crippen LogP) is 1.92. The molecule has 2 saturated heterocycles. The average Bonchev–Trinajstić information content (AvgIpc) is 3.33. The van der Waals surface area contributed by atoms with Crippen molar-refractivity contribution in [3.8, 4) is 11.5 Å². The van der Waals surface area contributed by atoms with Crippen LogP contribution in [-0.4, -0.2) is 59.3 Å². The van der Waals surface area contributed by atoms with Gasteiger partial charge in [0.15, 0.2) is 11.5 Å². The maximum absolute atomic E-state index is 11.9. The predicted molar refractivity (Wildman–Crippen MR) is 92.5 cm³/mol. The minimum atomic E-state index is -0.567. The molecule has 3 aliphatic heterocycles. The first kappa shape index (κ1) is 16.7. The summed E-state index contributed by atoms with van der Waals surface area (Å²) in [5.74, 6) is 1.61. The molecule has 0 saturated carbocycles. The fourth-order valence-electron chi connectivity index (χ4n) is 4.55. The van der Waals surface area contributed by atoms with E-state index in [1.807, 2.05) is 23.1 Å². The second-order valence-electron chi connectivity index (χ2n) is 7.25. The number of carbonyl (C=O) groups excluding carboxylic acids is 1. The van der Waals surface area contributed by atoms with Gasteiger partial charge < -0.3 is 19.5 Å². The van der Waals surface area contributed by atoms with Gasteiger partial charge in [-0.2, -0.15) is 0 Å². The molecule has 6 nitrogen and oxygen atoms in total. The summed E-state index contributed by atoms with van der Waals surface area (Å²) >= 11 is 0. The highest BCUT2D eigenvalue weighted by molar-refractivity contribution is 5.74. The molecule has 0 aromatic heterocycles. The van der Waals surface area contributed by atoms with Gasteiger partial charge in [-0.3, -0.25) is 9.69 Å². The Balaban J connectivity index is 1.45. The van der Waals surface area contributed by atoms with Gasteiger partial charge in [-0.05, 0) is 49.9 Å². The number of aliphatic hydroxyl groups excluding tert-OH is 1. The van der Waals surface area contributed by atoms with E-state index in [0.29, 0.717) is 24.4 Å². The van der Waals surface area contributed by atoms with Crippen molar-refractivity contribution in [2.24, 2.45) is 0 Å². The summed E-state index contributed by atoms with van der Waals surface area (Å²) in [4.78, 5) is 16.3. The molecule has 6 heteroatoms. The van der Waals surface area contributed by atoms with Crippen LogP contribution in [-0.2, 0) is 4.79 Å². The van der Waals surface area contributed by atoms with Crippen LogP contribution >= 0.6 is 0 Å². The molecule has 0 radical (unpaired) electrons. The van der Waals surface area contributed by atoms with Crippen molar-refractivity contribution in [2.45, 2.75) is 50.8 Å². The second-order valence-corrected chi connectivity index (χ2v) is 7.25. The fourth-order valence-corrected chi connectivity index (χ4v) is 4.55. The van der Waals surface area contributed by atoms with E-state index in [1.54, 1.807) is 6.92 Å². The largest absolute Gasteiger partial charge is 0.454 e. The van der Waals surface area contributed by atoms with Crippen LogP contribution in [0, 0.1) is 0 Å². The van der Waals surface area contributed by atoms with Gasteiger partial charge in [0, 0.05) is 32.1 Å². The third-order valence-electron chi connectivity index (χ3n) is 5.75. The average molecular weight is 346 g/mol. The summed E-state index contributed by atoms with van der Waals surface area (Å²) in [6, 6.07) is 6.28. The number of likely N-dealkylation sites (tertiary alicyclic amines) is 2. The number of rotatable bonds is 4. The normalized spacial score (nSPS) is 27.0. The number of benzene rings is 1. The van der Waals surface area contributed by atoms with Crippen molar-refractivity contribution in [2.75, 3.05) is 26.4 Å². The lowest BCUT2D eigenvalue weighted by Gasteiger charge is -2.35. The number of β-amino-alcohol motifs (C(OH)–C–C–N with tert-alkyl or cyclic N) is 1. The van der Waals surface area contributed by atoms with Crippen LogP contribution < -0.4 is 9.47 Å². The molecule has 1 aromatic carbocycles. The summed E-state index contributed by atoms with van der Waals surface area (Å²) in [7, 11) is 0. The molecule has 0 unspecified atom stereocenters. The number of nitrogens with zero attached hydrogens (tertiary/aromatic N) is 2. The third kappa shape index (κ3) is 3.20. The van der Waals surface area contributed by atoms with Crippen LogP contribution in [0.2, 0.25) is 0 Å². The summed E-state index contributed by atoms with van der Waals surface area (Å²) in [5, 5.41) is 10.7. The van der Waals surface area contributed by atoms with Crippen LogP contribution in [0.4, 0.5) is 0 Å². The van der Waals surface area contributed by atoms with Gasteiger partial charge in [0.2, 0.25) is 12.7 Å². The highest BCUT2D eigenvalue weighted by atomic mass is 16.7. The van der Waals surface area contributed by atoms with Crippen molar-refractivity contribution < 1.29 is 19.4 Å². The molecule has 1 N–H and O–H groups in total. The summed E-state index contributed by atoms with van der Waals surface area (Å²) < 4.78 is 10.7. The van der Waals surface area contributed by atoms with E-state index >= 15 is 0 Å². The lowest BCUT2D eigenvalue weighted by Crippen LogP contribution is -2.48. The minimum Gasteiger partial charge on any atom is -0.454 e. The molecule has 0 spiro atoms. The molecule has 2 fully saturated rings. The Morgan fingerprint density at radius 3 is 2.80 bits per heavy atom. The van der Waals surface area contributed by atoms with Gasteiger partial charge in [0.25, 0.3) is 0 Å². The zero-order valence-electron chi connectivity index (χ0n) is 14.7. The van der Waals surface area contributed by atoms with Gasteiger partial charge in [-0.15, -0.1) is 0 Å². The van der Waals surface area contributed by atoms with Gasteiger partial charge >= 0.3 is 0 Å². The summed E-state index contributed by atoms with van der Waals surface area (Å²) in [6.45, 7) is 4.35. The minimum absolute atomic E-state index is 0.172. The first-order chi connectivity index (χ1) is 12.1. The van der Waals surface area contributed by atoms with Crippen LogP contribution in [0.5, 0.6) is 11.5 Å². The molecule has 0 bridgehead atoms. The van der Waals surface area contributed by atoms with Crippen LogP contribution in [0.1, 0.15) is 44.3 Å². The quantitative estimate of drug-likeness (QED) is 0.903. The van der Waals surface area contributed by atoms with E-state index in [1.165, 1.54) is 0 Å². The van der Waals surface area contributed by atoms with E-state index in [2.05, 4.69) is 4.90 Å². The molecule has 0 aliphatic carbocycles. The molecule has 3 aliphatic rings. The van der Waals surface area contributed by atoms with Crippen LogP contribution in [0.25, 0.3) is 0 Å². The SMILES string of the molecule is CC(=O)N1CCC[C@@H]1[C@@H]1CCCN1C[C@H](O)c1ccc2c(c1)OCO2. The highest BCUT2D eigenvalue weighted by Gasteiger charge is 2.39. The van der Waals surface area contributed by atoms with Gasteiger partial charge in [-0.1, -0.05) is 6.07 Å². The number of fused-ring (bicyclic) bond motifs is 1. The van der Waals surface area contributed by atoms with Crippen molar-refractivity contribution in [3.05, 3.63) is 23.8 Å². The Hall–Kier alpha value is -1.79. The monoisotopic (exact) mass is 346 g/mol. The summed E-state index contributed by atoms with van der Waals surface area (Å²) in [5.41, 5.74) is 0.852. The Bertz CT molecular complexity index is 650. The second kappa shape index (κ2) is 6.84. The van der Waals surface area contributed by atoms with Gasteiger partial charge in [0.1, 0.15) is 0 Å². The van der Waals surface area contributed by atoms with E-state index in [4.69, 9.17) is 9.47 Å². The molecule has 3 atom stereocenters. The van der Waals surface area contributed by atoms with E-state index < -0.39 is 6.10 Å². The molecule has 1 amide bonds. The Kier molecular flexibility index (Phi) is 4.56. The van der Waals surface area contributed by atoms with Crippen LogP contribution in [0.3, 0.4) is 0 Å². The first-order valence-corrected chi connectivity index (χ1v) is 9.22. The number of ether oxygens (including phenoxy) is 2. The molecular formula is C19H26N2O4. The number of carbonyl (C=O) groups is 1. The Morgan fingerprint density at radius 1 is 1.20 bits per heavy atom.